The fourth-order valence-corrected chi connectivity index (χ4v) is 5.04. The summed E-state index contributed by atoms with van der Waals surface area (Å²) in [5.41, 5.74) is 0. The molecule has 0 aliphatic heterocycles. The average molecular weight is 667 g/mol. The van der Waals surface area contributed by atoms with Crippen LogP contribution in [0.2, 0.25) is 0 Å². The van der Waals surface area contributed by atoms with Crippen LogP contribution in [0.3, 0.4) is 0 Å². The van der Waals surface area contributed by atoms with Crippen molar-refractivity contribution in [3.8, 4) is 0 Å². The number of rotatable bonds is 32. The van der Waals surface area contributed by atoms with Crippen molar-refractivity contribution in [2.75, 3.05) is 13.2 Å². The highest BCUT2D eigenvalue weighted by atomic mass is 31.2. The predicted octanol–water partition coefficient (Wildman–Crippen LogP) is 9.13. The number of hydrogen-bond donors (Lipinski definition) is 0. The Bertz CT molecular complexity index is 890. The summed E-state index contributed by atoms with van der Waals surface area (Å²) in [7, 11) is -5.26. The molecule has 0 aromatic carbocycles. The smallest absolute Gasteiger partial charge is 0.306 e. The Kier molecular flexibility index (Phi) is 31.5. The van der Waals surface area contributed by atoms with Crippen molar-refractivity contribution in [3.05, 3.63) is 48.6 Å². The zero-order valence-corrected chi connectivity index (χ0v) is 29.8. The third-order valence-corrected chi connectivity index (χ3v) is 7.80. The molecule has 0 radical (unpaired) electrons. The van der Waals surface area contributed by atoms with E-state index in [9.17, 15) is 23.9 Å². The highest BCUT2D eigenvalue weighted by Gasteiger charge is 2.18. The van der Waals surface area contributed by atoms with Gasteiger partial charge in [0.2, 0.25) is 0 Å². The molecule has 0 aliphatic rings. The Morgan fingerprint density at radius 1 is 0.587 bits per heavy atom. The molecule has 0 saturated heterocycles. The zero-order valence-electron chi connectivity index (χ0n) is 28.9. The molecule has 0 aromatic heterocycles. The van der Waals surface area contributed by atoms with Gasteiger partial charge in [0.05, 0.1) is 14.4 Å². The van der Waals surface area contributed by atoms with Crippen molar-refractivity contribution < 1.29 is 37.9 Å². The standard InChI is InChI=1S/C37H65O8P/c1-3-5-7-9-11-13-15-17-18-20-21-23-25-27-29-31-36(38)43-33-35(34-44-46(40,41)42)45-37(39)32-30-28-26-24-22-19-16-14-12-10-8-6-4-2/h5,7,11,13,17-18,26,28,35H,3-4,6,8-10,12,14-16,19-25,27,29-34H2,1-2H3,(H2,40,41,42)/p-2/b7-5-,13-11-,18-17-,28-26+/t35-/m1/s1. The van der Waals surface area contributed by atoms with Gasteiger partial charge in [-0.25, -0.2) is 0 Å². The van der Waals surface area contributed by atoms with Gasteiger partial charge in [-0.15, -0.1) is 0 Å². The molecule has 0 fully saturated rings. The van der Waals surface area contributed by atoms with E-state index in [1.54, 1.807) is 0 Å². The van der Waals surface area contributed by atoms with Gasteiger partial charge in [-0.3, -0.25) is 9.59 Å². The van der Waals surface area contributed by atoms with E-state index in [1.807, 2.05) is 6.08 Å². The Labute approximate surface area is 280 Å². The molecule has 0 bridgehead atoms. The molecule has 0 aromatic rings. The van der Waals surface area contributed by atoms with Crippen molar-refractivity contribution >= 4 is 19.8 Å². The second-order valence-electron chi connectivity index (χ2n) is 11.8. The number of esters is 2. The van der Waals surface area contributed by atoms with Gasteiger partial charge in [0, 0.05) is 12.8 Å². The second kappa shape index (κ2) is 32.9. The van der Waals surface area contributed by atoms with Gasteiger partial charge in [0.25, 0.3) is 0 Å². The fraction of sp³-hybridized carbons (Fsp3) is 0.730. The molecule has 0 unspecified atom stereocenters. The molecule has 9 heteroatoms. The largest absolute Gasteiger partial charge is 0.790 e. The van der Waals surface area contributed by atoms with Crippen molar-refractivity contribution in [1.29, 1.82) is 0 Å². The van der Waals surface area contributed by atoms with Crippen molar-refractivity contribution in [2.45, 2.75) is 161 Å². The average Bonchev–Trinajstić information content (AvgIpc) is 3.02. The van der Waals surface area contributed by atoms with Gasteiger partial charge in [0.15, 0.2) is 6.10 Å². The van der Waals surface area contributed by atoms with Crippen LogP contribution in [-0.4, -0.2) is 31.3 Å². The Hall–Kier alpha value is -1.99. The van der Waals surface area contributed by atoms with E-state index in [0.717, 1.165) is 64.2 Å². The van der Waals surface area contributed by atoms with Gasteiger partial charge in [0.1, 0.15) is 6.61 Å². The number of unbranched alkanes of at least 4 members (excludes halogenated alkanes) is 14. The van der Waals surface area contributed by atoms with Gasteiger partial charge in [-0.05, 0) is 57.8 Å². The van der Waals surface area contributed by atoms with Crippen LogP contribution in [-0.2, 0) is 28.2 Å². The first-order chi connectivity index (χ1) is 22.3. The molecule has 0 amide bonds. The van der Waals surface area contributed by atoms with Crippen LogP contribution >= 0.6 is 7.82 Å². The third-order valence-electron chi connectivity index (χ3n) is 7.33. The molecule has 0 aliphatic carbocycles. The summed E-state index contributed by atoms with van der Waals surface area (Å²) in [6, 6.07) is 0. The van der Waals surface area contributed by atoms with Crippen LogP contribution in [0.25, 0.3) is 0 Å². The van der Waals surface area contributed by atoms with Crippen LogP contribution in [0.15, 0.2) is 48.6 Å². The number of carbonyl (C=O) groups excluding carboxylic acids is 2. The van der Waals surface area contributed by atoms with Crippen molar-refractivity contribution in [3.63, 3.8) is 0 Å². The Morgan fingerprint density at radius 3 is 1.67 bits per heavy atom. The Balaban J connectivity index is 4.06. The first-order valence-electron chi connectivity index (χ1n) is 17.9. The highest BCUT2D eigenvalue weighted by Crippen LogP contribution is 2.25. The SMILES string of the molecule is CC/C=C\C/C=C\C/C=C\CCCCCCCC(=O)OC[C@H](COP(=O)([O-])[O-])OC(=O)CC/C=C/CCCCCCCCCCC. The fourth-order valence-electron chi connectivity index (χ4n) is 4.69. The summed E-state index contributed by atoms with van der Waals surface area (Å²) in [6.45, 7) is 3.31. The quantitative estimate of drug-likeness (QED) is 0.0301. The van der Waals surface area contributed by atoms with Crippen LogP contribution in [0, 0.1) is 0 Å². The van der Waals surface area contributed by atoms with E-state index in [2.05, 4.69) is 60.9 Å². The van der Waals surface area contributed by atoms with E-state index in [4.69, 9.17) is 9.47 Å². The maximum atomic E-state index is 12.3. The van der Waals surface area contributed by atoms with Crippen molar-refractivity contribution in [1.82, 2.24) is 0 Å². The van der Waals surface area contributed by atoms with Gasteiger partial charge >= 0.3 is 11.9 Å². The van der Waals surface area contributed by atoms with Crippen molar-refractivity contribution in [2.24, 2.45) is 0 Å². The first kappa shape index (κ1) is 44.0. The van der Waals surface area contributed by atoms with Crippen LogP contribution in [0.4, 0.5) is 0 Å². The summed E-state index contributed by atoms with van der Waals surface area (Å²) in [4.78, 5) is 46.3. The summed E-state index contributed by atoms with van der Waals surface area (Å²) in [5, 5.41) is 0. The molecular formula is C37H63O8P-2. The van der Waals surface area contributed by atoms with E-state index >= 15 is 0 Å². The lowest BCUT2D eigenvalue weighted by Crippen LogP contribution is -2.31. The minimum atomic E-state index is -5.26. The van der Waals surface area contributed by atoms with E-state index in [0.29, 0.717) is 12.8 Å². The molecule has 266 valence electrons. The molecule has 1 atom stereocenters. The maximum Gasteiger partial charge on any atom is 0.306 e. The van der Waals surface area contributed by atoms with E-state index < -0.39 is 32.5 Å². The Morgan fingerprint density at radius 2 is 1.09 bits per heavy atom. The number of hydrogen-bond acceptors (Lipinski definition) is 8. The lowest BCUT2D eigenvalue weighted by molar-refractivity contribution is -0.343. The normalized spacial score (nSPS) is 13.0. The molecular weight excluding hydrogens is 603 g/mol. The molecule has 0 N–H and O–H groups in total. The molecule has 0 rings (SSSR count). The molecule has 8 nitrogen and oxygen atoms in total. The first-order valence-corrected chi connectivity index (χ1v) is 19.4. The van der Waals surface area contributed by atoms with E-state index in [1.165, 1.54) is 51.4 Å². The molecule has 46 heavy (non-hydrogen) atoms. The summed E-state index contributed by atoms with van der Waals surface area (Å²) < 4.78 is 25.6. The topological polar surface area (TPSA) is 125 Å². The minimum Gasteiger partial charge on any atom is -0.790 e. The summed E-state index contributed by atoms with van der Waals surface area (Å²) >= 11 is 0. The molecule has 0 spiro atoms. The number of carbonyl (C=O) groups is 2. The summed E-state index contributed by atoms with van der Waals surface area (Å²) in [6.07, 6.45) is 38.0. The lowest BCUT2D eigenvalue weighted by atomic mass is 10.1. The summed E-state index contributed by atoms with van der Waals surface area (Å²) in [5.74, 6) is -1.04. The predicted molar refractivity (Wildman–Crippen MR) is 184 cm³/mol. The number of allylic oxidation sites excluding steroid dienone is 8. The number of ether oxygens (including phenoxy) is 2. The monoisotopic (exact) mass is 666 g/mol. The van der Waals surface area contributed by atoms with Gasteiger partial charge in [-0.2, -0.15) is 0 Å². The van der Waals surface area contributed by atoms with E-state index in [-0.39, 0.29) is 19.4 Å². The third kappa shape index (κ3) is 34.9. The van der Waals surface area contributed by atoms with Crippen LogP contribution in [0.1, 0.15) is 155 Å². The second-order valence-corrected chi connectivity index (χ2v) is 12.9. The highest BCUT2D eigenvalue weighted by molar-refractivity contribution is 7.43. The lowest BCUT2D eigenvalue weighted by Gasteiger charge is -2.30. The number of phosphoric acid groups is 1. The van der Waals surface area contributed by atoms with Gasteiger partial charge < -0.3 is 28.3 Å². The minimum absolute atomic E-state index is 0.0922. The van der Waals surface area contributed by atoms with Crippen LogP contribution < -0.4 is 9.79 Å². The molecule has 0 heterocycles. The number of phosphoric ester groups is 1. The molecule has 0 saturated carbocycles. The zero-order chi connectivity index (χ0) is 34.0. The van der Waals surface area contributed by atoms with Crippen LogP contribution in [0.5, 0.6) is 0 Å². The maximum absolute atomic E-state index is 12.3. The van der Waals surface area contributed by atoms with Gasteiger partial charge in [-0.1, -0.05) is 133 Å².